The van der Waals surface area contributed by atoms with Gasteiger partial charge in [0.25, 0.3) is 5.91 Å². The number of nitrogens with zero attached hydrogens (tertiary/aromatic N) is 4. The molecule has 3 heterocycles. The van der Waals surface area contributed by atoms with Crippen molar-refractivity contribution in [2.45, 2.75) is 33.2 Å². The van der Waals surface area contributed by atoms with E-state index in [0.29, 0.717) is 18.0 Å². The highest BCUT2D eigenvalue weighted by Crippen LogP contribution is 2.24. The van der Waals surface area contributed by atoms with Crippen LogP contribution in [0.5, 0.6) is 0 Å². The monoisotopic (exact) mass is 373 g/mol. The molecule has 0 radical (unpaired) electrons. The molecular formula is C16H25Cl2N5O. The smallest absolute Gasteiger partial charge is 0.254 e. The van der Waals surface area contributed by atoms with Crippen LogP contribution < -0.4 is 5.73 Å². The van der Waals surface area contributed by atoms with E-state index in [1.807, 2.05) is 22.6 Å². The van der Waals surface area contributed by atoms with Gasteiger partial charge in [-0.2, -0.15) is 5.10 Å². The van der Waals surface area contributed by atoms with E-state index in [9.17, 15) is 4.79 Å². The molecule has 24 heavy (non-hydrogen) atoms. The molecule has 1 fully saturated rings. The molecule has 1 amide bonds. The fraction of sp³-hybridized carbons (Fsp3) is 0.562. The maximum atomic E-state index is 12.9. The second kappa shape index (κ2) is 8.14. The quantitative estimate of drug-likeness (QED) is 0.896. The minimum absolute atomic E-state index is 0. The summed E-state index contributed by atoms with van der Waals surface area (Å²) in [6.07, 6.45) is 2.74. The molecule has 0 bridgehead atoms. The molecule has 1 unspecified atom stereocenters. The standard InChI is InChI=1S/C16H23N5O.2ClH/c1-10(2)21-15-14(8-18-21)13(6-11(3)19-15)16(22)20-5-4-12(7-17)9-20;;/h6,8,10,12H,4-5,7,9,17H2,1-3H3;2*1H. The van der Waals surface area contributed by atoms with Crippen LogP contribution in [0.15, 0.2) is 12.3 Å². The molecule has 1 atom stereocenters. The van der Waals surface area contributed by atoms with Gasteiger partial charge in [-0.25, -0.2) is 9.67 Å². The van der Waals surface area contributed by atoms with Gasteiger partial charge in [-0.05, 0) is 45.7 Å². The topological polar surface area (TPSA) is 77.0 Å². The normalized spacial score (nSPS) is 17.0. The van der Waals surface area contributed by atoms with Gasteiger partial charge in [-0.1, -0.05) is 0 Å². The fourth-order valence-corrected chi connectivity index (χ4v) is 3.08. The first-order chi connectivity index (χ1) is 10.5. The molecule has 2 aromatic heterocycles. The third-order valence-corrected chi connectivity index (χ3v) is 4.32. The second-order valence-electron chi connectivity index (χ2n) is 6.37. The Hall–Kier alpha value is -1.37. The summed E-state index contributed by atoms with van der Waals surface area (Å²) < 4.78 is 1.87. The lowest BCUT2D eigenvalue weighted by atomic mass is 10.1. The summed E-state index contributed by atoms with van der Waals surface area (Å²) in [4.78, 5) is 19.3. The summed E-state index contributed by atoms with van der Waals surface area (Å²) in [5, 5.41) is 5.23. The summed E-state index contributed by atoms with van der Waals surface area (Å²) in [7, 11) is 0. The van der Waals surface area contributed by atoms with Crippen molar-refractivity contribution in [2.75, 3.05) is 19.6 Å². The second-order valence-corrected chi connectivity index (χ2v) is 6.37. The van der Waals surface area contributed by atoms with Crippen molar-refractivity contribution in [1.29, 1.82) is 0 Å². The number of carbonyl (C=O) groups is 1. The van der Waals surface area contributed by atoms with Crippen molar-refractivity contribution in [3.63, 3.8) is 0 Å². The molecule has 0 saturated carbocycles. The van der Waals surface area contributed by atoms with Gasteiger partial charge in [0.05, 0.1) is 17.1 Å². The number of hydrogen-bond acceptors (Lipinski definition) is 4. The lowest BCUT2D eigenvalue weighted by molar-refractivity contribution is 0.0789. The predicted molar refractivity (Wildman–Crippen MR) is 100 cm³/mol. The fourth-order valence-electron chi connectivity index (χ4n) is 3.08. The molecule has 0 aliphatic carbocycles. The van der Waals surface area contributed by atoms with E-state index in [-0.39, 0.29) is 36.8 Å². The number of halogens is 2. The Morgan fingerprint density at radius 2 is 2.12 bits per heavy atom. The van der Waals surface area contributed by atoms with Gasteiger partial charge in [0.15, 0.2) is 5.65 Å². The number of nitrogens with two attached hydrogens (primary N) is 1. The van der Waals surface area contributed by atoms with Crippen LogP contribution >= 0.6 is 24.8 Å². The number of aromatic nitrogens is 3. The Morgan fingerprint density at radius 1 is 1.42 bits per heavy atom. The summed E-state index contributed by atoms with van der Waals surface area (Å²) in [6, 6.07) is 2.08. The minimum Gasteiger partial charge on any atom is -0.338 e. The number of carbonyl (C=O) groups excluding carboxylic acids is 1. The van der Waals surface area contributed by atoms with Gasteiger partial charge in [-0.15, -0.1) is 24.8 Å². The average molecular weight is 374 g/mol. The van der Waals surface area contributed by atoms with Gasteiger partial charge in [0.1, 0.15) is 0 Å². The summed E-state index contributed by atoms with van der Waals surface area (Å²) >= 11 is 0. The predicted octanol–water partition coefficient (Wildman–Crippen LogP) is 2.59. The number of rotatable bonds is 3. The molecule has 6 nitrogen and oxygen atoms in total. The van der Waals surface area contributed by atoms with Crippen LogP contribution in [0.1, 0.15) is 42.4 Å². The Balaban J connectivity index is 0.00000144. The van der Waals surface area contributed by atoms with Crippen LogP contribution in [-0.4, -0.2) is 45.2 Å². The van der Waals surface area contributed by atoms with Gasteiger partial charge in [0.2, 0.25) is 0 Å². The Morgan fingerprint density at radius 3 is 2.71 bits per heavy atom. The Bertz CT molecular complexity index is 716. The lowest BCUT2D eigenvalue weighted by Crippen LogP contribution is -2.30. The van der Waals surface area contributed by atoms with Crippen molar-refractivity contribution < 1.29 is 4.79 Å². The van der Waals surface area contributed by atoms with Crippen molar-refractivity contribution in [1.82, 2.24) is 19.7 Å². The van der Waals surface area contributed by atoms with E-state index >= 15 is 0 Å². The van der Waals surface area contributed by atoms with Crippen LogP contribution in [0.2, 0.25) is 0 Å². The van der Waals surface area contributed by atoms with Crippen LogP contribution in [-0.2, 0) is 0 Å². The Kier molecular flexibility index (Phi) is 7.01. The summed E-state index contributed by atoms with van der Waals surface area (Å²) in [6.45, 7) is 8.20. The SMILES string of the molecule is Cc1cc(C(=O)N2CCC(CN)C2)c2cnn(C(C)C)c2n1.Cl.Cl. The lowest BCUT2D eigenvalue weighted by Gasteiger charge is -2.17. The maximum absolute atomic E-state index is 12.9. The summed E-state index contributed by atoms with van der Waals surface area (Å²) in [5.74, 6) is 0.482. The molecule has 1 aliphatic rings. The van der Waals surface area contributed by atoms with Crippen LogP contribution in [0, 0.1) is 12.8 Å². The zero-order valence-corrected chi connectivity index (χ0v) is 15.9. The van der Waals surface area contributed by atoms with Gasteiger partial charge < -0.3 is 10.6 Å². The third kappa shape index (κ3) is 3.66. The van der Waals surface area contributed by atoms with Gasteiger partial charge in [0, 0.05) is 24.8 Å². The van der Waals surface area contributed by atoms with Crippen molar-refractivity contribution >= 4 is 41.8 Å². The number of likely N-dealkylation sites (tertiary alicyclic amines) is 1. The van der Waals surface area contributed by atoms with E-state index < -0.39 is 0 Å². The molecule has 2 N–H and O–H groups in total. The zero-order valence-electron chi connectivity index (χ0n) is 14.2. The summed E-state index contributed by atoms with van der Waals surface area (Å²) in [5.41, 5.74) is 8.05. The molecule has 1 saturated heterocycles. The van der Waals surface area contributed by atoms with E-state index in [4.69, 9.17) is 5.73 Å². The zero-order chi connectivity index (χ0) is 15.9. The third-order valence-electron chi connectivity index (χ3n) is 4.32. The highest BCUT2D eigenvalue weighted by molar-refractivity contribution is 6.05. The van der Waals surface area contributed by atoms with Crippen molar-refractivity contribution in [2.24, 2.45) is 11.7 Å². The molecule has 2 aromatic rings. The minimum atomic E-state index is 0. The molecule has 3 rings (SSSR count). The Labute approximate surface area is 154 Å². The van der Waals surface area contributed by atoms with Crippen molar-refractivity contribution in [3.05, 3.63) is 23.5 Å². The highest BCUT2D eigenvalue weighted by atomic mass is 35.5. The molecule has 0 aromatic carbocycles. The number of amides is 1. The average Bonchev–Trinajstić information content (AvgIpc) is 3.11. The van der Waals surface area contributed by atoms with Gasteiger partial charge in [-0.3, -0.25) is 4.79 Å². The molecule has 134 valence electrons. The molecular weight excluding hydrogens is 349 g/mol. The highest BCUT2D eigenvalue weighted by Gasteiger charge is 2.28. The molecule has 0 spiro atoms. The van der Waals surface area contributed by atoms with E-state index in [1.165, 1.54) is 0 Å². The molecule has 8 heteroatoms. The first-order valence-electron chi connectivity index (χ1n) is 7.85. The van der Waals surface area contributed by atoms with E-state index in [1.54, 1.807) is 6.20 Å². The number of aryl methyl sites for hydroxylation is 1. The van der Waals surface area contributed by atoms with Crippen LogP contribution in [0.3, 0.4) is 0 Å². The first kappa shape index (κ1) is 20.7. The van der Waals surface area contributed by atoms with Crippen LogP contribution in [0.25, 0.3) is 11.0 Å². The maximum Gasteiger partial charge on any atom is 0.254 e. The number of fused-ring (bicyclic) bond motifs is 1. The van der Waals surface area contributed by atoms with E-state index in [2.05, 4.69) is 23.9 Å². The van der Waals surface area contributed by atoms with E-state index in [0.717, 1.165) is 36.2 Å². The molecule has 1 aliphatic heterocycles. The van der Waals surface area contributed by atoms with Gasteiger partial charge >= 0.3 is 0 Å². The number of hydrogen-bond donors (Lipinski definition) is 1. The van der Waals surface area contributed by atoms with Crippen LogP contribution in [0.4, 0.5) is 0 Å². The number of pyridine rings is 1. The van der Waals surface area contributed by atoms with Crippen molar-refractivity contribution in [3.8, 4) is 0 Å². The largest absolute Gasteiger partial charge is 0.338 e. The first-order valence-corrected chi connectivity index (χ1v) is 7.85.